The van der Waals surface area contributed by atoms with Crippen molar-refractivity contribution in [2.24, 2.45) is 5.73 Å². The number of para-hydroxylation sites is 1. The minimum atomic E-state index is -0.0239. The van der Waals surface area contributed by atoms with E-state index in [2.05, 4.69) is 30.4 Å². The fraction of sp³-hybridized carbons (Fsp3) is 0.176. The lowest BCUT2D eigenvalue weighted by atomic mass is 10.1. The number of nitrogens with two attached hydrogens (primary N) is 1. The summed E-state index contributed by atoms with van der Waals surface area (Å²) in [6, 6.07) is 18.3. The summed E-state index contributed by atoms with van der Waals surface area (Å²) in [5, 5.41) is 4.53. The summed E-state index contributed by atoms with van der Waals surface area (Å²) in [7, 11) is 0. The van der Waals surface area contributed by atoms with Gasteiger partial charge in [-0.2, -0.15) is 0 Å². The lowest BCUT2D eigenvalue weighted by Gasteiger charge is -2.16. The molecule has 0 aliphatic carbocycles. The second kappa shape index (κ2) is 5.39. The molecule has 1 atom stereocenters. The standard InChI is InChI=1S/C17H18N2O/c1-12-5-4-7-14(9-12)19-15(11-18)17-10-13-6-2-3-8-16(13)20-17/h2-10,15,19H,11,18H2,1H3. The van der Waals surface area contributed by atoms with Crippen molar-refractivity contribution in [3.05, 3.63) is 65.9 Å². The fourth-order valence-electron chi connectivity index (χ4n) is 2.36. The van der Waals surface area contributed by atoms with E-state index in [1.54, 1.807) is 0 Å². The molecule has 0 radical (unpaired) electrons. The summed E-state index contributed by atoms with van der Waals surface area (Å²) < 4.78 is 5.88. The Kier molecular flexibility index (Phi) is 3.44. The van der Waals surface area contributed by atoms with Crippen LogP contribution in [0.5, 0.6) is 0 Å². The maximum atomic E-state index is 5.89. The van der Waals surface area contributed by atoms with Crippen molar-refractivity contribution in [2.45, 2.75) is 13.0 Å². The van der Waals surface area contributed by atoms with Gasteiger partial charge in [0.2, 0.25) is 0 Å². The van der Waals surface area contributed by atoms with Crippen LogP contribution in [0, 0.1) is 6.92 Å². The minimum Gasteiger partial charge on any atom is -0.459 e. The molecule has 3 nitrogen and oxygen atoms in total. The molecule has 20 heavy (non-hydrogen) atoms. The summed E-state index contributed by atoms with van der Waals surface area (Å²) in [6.07, 6.45) is 0. The van der Waals surface area contributed by atoms with Gasteiger partial charge in [0.15, 0.2) is 0 Å². The van der Waals surface area contributed by atoms with Crippen LogP contribution in [0.2, 0.25) is 0 Å². The Hall–Kier alpha value is -2.26. The summed E-state index contributed by atoms with van der Waals surface area (Å²) in [5.74, 6) is 0.871. The Balaban J connectivity index is 1.89. The molecule has 3 rings (SSSR count). The molecule has 1 heterocycles. The van der Waals surface area contributed by atoms with Crippen LogP contribution < -0.4 is 11.1 Å². The second-order valence-corrected chi connectivity index (χ2v) is 4.99. The molecule has 0 fully saturated rings. The molecule has 1 aromatic heterocycles. The monoisotopic (exact) mass is 266 g/mol. The number of rotatable bonds is 4. The Morgan fingerprint density at radius 2 is 1.95 bits per heavy atom. The molecule has 3 heteroatoms. The zero-order valence-corrected chi connectivity index (χ0v) is 11.5. The highest BCUT2D eigenvalue weighted by molar-refractivity contribution is 5.78. The summed E-state index contributed by atoms with van der Waals surface area (Å²) >= 11 is 0. The van der Waals surface area contributed by atoms with Crippen molar-refractivity contribution in [2.75, 3.05) is 11.9 Å². The SMILES string of the molecule is Cc1cccc(NC(CN)c2cc3ccccc3o2)c1. The van der Waals surface area contributed by atoms with Gasteiger partial charge in [-0.15, -0.1) is 0 Å². The number of nitrogens with one attached hydrogen (secondary N) is 1. The van der Waals surface area contributed by atoms with E-state index in [9.17, 15) is 0 Å². The minimum absolute atomic E-state index is 0.0239. The molecular formula is C17H18N2O. The van der Waals surface area contributed by atoms with Gasteiger partial charge in [-0.3, -0.25) is 0 Å². The van der Waals surface area contributed by atoms with Crippen molar-refractivity contribution >= 4 is 16.7 Å². The number of furan rings is 1. The molecule has 0 aliphatic heterocycles. The molecule has 0 amide bonds. The van der Waals surface area contributed by atoms with Gasteiger partial charge in [-0.05, 0) is 36.8 Å². The lowest BCUT2D eigenvalue weighted by molar-refractivity contribution is 0.515. The van der Waals surface area contributed by atoms with E-state index in [1.807, 2.05) is 36.4 Å². The van der Waals surface area contributed by atoms with E-state index in [1.165, 1.54) is 5.56 Å². The van der Waals surface area contributed by atoms with Crippen LogP contribution in [0.15, 0.2) is 59.0 Å². The quantitative estimate of drug-likeness (QED) is 0.754. The molecule has 0 saturated heterocycles. The fourth-order valence-corrected chi connectivity index (χ4v) is 2.36. The van der Waals surface area contributed by atoms with Gasteiger partial charge in [0.1, 0.15) is 11.3 Å². The Morgan fingerprint density at radius 1 is 1.10 bits per heavy atom. The first-order valence-electron chi connectivity index (χ1n) is 6.78. The highest BCUT2D eigenvalue weighted by Gasteiger charge is 2.14. The van der Waals surface area contributed by atoms with Crippen LogP contribution in [0.1, 0.15) is 17.4 Å². The number of anilines is 1. The van der Waals surface area contributed by atoms with Crippen molar-refractivity contribution in [3.8, 4) is 0 Å². The van der Waals surface area contributed by atoms with Gasteiger partial charge >= 0.3 is 0 Å². The molecule has 0 bridgehead atoms. The first-order valence-corrected chi connectivity index (χ1v) is 6.78. The van der Waals surface area contributed by atoms with Crippen LogP contribution in [-0.4, -0.2) is 6.54 Å². The van der Waals surface area contributed by atoms with E-state index < -0.39 is 0 Å². The van der Waals surface area contributed by atoms with Crippen molar-refractivity contribution < 1.29 is 4.42 Å². The summed E-state index contributed by atoms with van der Waals surface area (Å²) in [5.41, 5.74) is 9.06. The van der Waals surface area contributed by atoms with Gasteiger partial charge in [-0.1, -0.05) is 30.3 Å². The van der Waals surface area contributed by atoms with Crippen molar-refractivity contribution in [3.63, 3.8) is 0 Å². The van der Waals surface area contributed by atoms with Gasteiger partial charge < -0.3 is 15.5 Å². The number of aryl methyl sites for hydroxylation is 1. The molecule has 3 aromatic rings. The van der Waals surface area contributed by atoms with E-state index in [0.29, 0.717) is 6.54 Å². The van der Waals surface area contributed by atoms with Crippen LogP contribution in [0.4, 0.5) is 5.69 Å². The topological polar surface area (TPSA) is 51.2 Å². The lowest BCUT2D eigenvalue weighted by Crippen LogP contribution is -2.20. The Labute approximate surface area is 118 Å². The number of hydrogen-bond donors (Lipinski definition) is 2. The molecule has 3 N–H and O–H groups in total. The molecular weight excluding hydrogens is 248 g/mol. The Bertz CT molecular complexity index is 685. The molecule has 0 saturated carbocycles. The summed E-state index contributed by atoms with van der Waals surface area (Å²) in [4.78, 5) is 0. The van der Waals surface area contributed by atoms with Gasteiger partial charge in [-0.25, -0.2) is 0 Å². The molecule has 0 spiro atoms. The normalized spacial score (nSPS) is 12.5. The molecule has 1 unspecified atom stereocenters. The van der Waals surface area contributed by atoms with E-state index in [0.717, 1.165) is 22.4 Å². The number of hydrogen-bond acceptors (Lipinski definition) is 3. The average Bonchev–Trinajstić information content (AvgIpc) is 2.88. The third-order valence-electron chi connectivity index (χ3n) is 3.38. The predicted octanol–water partition coefficient (Wildman–Crippen LogP) is 3.85. The smallest absolute Gasteiger partial charge is 0.134 e. The zero-order valence-electron chi connectivity index (χ0n) is 11.5. The number of benzene rings is 2. The van der Waals surface area contributed by atoms with Gasteiger partial charge in [0.05, 0.1) is 6.04 Å². The van der Waals surface area contributed by atoms with Crippen LogP contribution in [0.3, 0.4) is 0 Å². The van der Waals surface area contributed by atoms with Crippen LogP contribution in [0.25, 0.3) is 11.0 Å². The highest BCUT2D eigenvalue weighted by Crippen LogP contribution is 2.26. The average molecular weight is 266 g/mol. The highest BCUT2D eigenvalue weighted by atomic mass is 16.3. The third-order valence-corrected chi connectivity index (χ3v) is 3.38. The van der Waals surface area contributed by atoms with Crippen molar-refractivity contribution in [1.29, 1.82) is 0 Å². The Morgan fingerprint density at radius 3 is 2.70 bits per heavy atom. The van der Waals surface area contributed by atoms with Gasteiger partial charge in [0.25, 0.3) is 0 Å². The molecule has 102 valence electrons. The van der Waals surface area contributed by atoms with E-state index >= 15 is 0 Å². The maximum Gasteiger partial charge on any atom is 0.134 e. The van der Waals surface area contributed by atoms with Crippen LogP contribution in [-0.2, 0) is 0 Å². The summed E-state index contributed by atoms with van der Waals surface area (Å²) in [6.45, 7) is 2.55. The van der Waals surface area contributed by atoms with Gasteiger partial charge in [0, 0.05) is 17.6 Å². The first-order chi connectivity index (χ1) is 9.76. The maximum absolute atomic E-state index is 5.89. The molecule has 0 aliphatic rings. The van der Waals surface area contributed by atoms with E-state index in [4.69, 9.17) is 10.2 Å². The molecule has 2 aromatic carbocycles. The third kappa shape index (κ3) is 2.53. The van der Waals surface area contributed by atoms with Crippen LogP contribution >= 0.6 is 0 Å². The largest absolute Gasteiger partial charge is 0.459 e. The zero-order chi connectivity index (χ0) is 13.9. The van der Waals surface area contributed by atoms with E-state index in [-0.39, 0.29) is 6.04 Å². The first kappa shape index (κ1) is 12.8. The second-order valence-electron chi connectivity index (χ2n) is 4.99. The van der Waals surface area contributed by atoms with Crippen molar-refractivity contribution in [1.82, 2.24) is 0 Å². The number of fused-ring (bicyclic) bond motifs is 1. The predicted molar refractivity (Wildman–Crippen MR) is 82.8 cm³/mol.